The summed E-state index contributed by atoms with van der Waals surface area (Å²) in [5, 5.41) is 6.10. The van der Waals surface area contributed by atoms with E-state index in [0.29, 0.717) is 6.42 Å². The number of nitrogens with one attached hydrogen (secondary N) is 3. The molecule has 0 aromatic carbocycles. The highest BCUT2D eigenvalue weighted by molar-refractivity contribution is 7.89. The summed E-state index contributed by atoms with van der Waals surface area (Å²) in [6, 6.07) is -0.484. The van der Waals surface area contributed by atoms with Crippen molar-refractivity contribution in [2.24, 2.45) is 0 Å². The Labute approximate surface area is 128 Å². The van der Waals surface area contributed by atoms with Crippen molar-refractivity contribution in [1.29, 1.82) is 0 Å². The molecule has 124 valence electrons. The Morgan fingerprint density at radius 1 is 1.33 bits per heavy atom. The smallest absolute Gasteiger partial charge is 0.238 e. The van der Waals surface area contributed by atoms with Gasteiger partial charge in [-0.2, -0.15) is 0 Å². The number of rotatable bonds is 6. The molecule has 6 nitrogen and oxygen atoms in total. The van der Waals surface area contributed by atoms with Crippen molar-refractivity contribution < 1.29 is 13.2 Å². The molecule has 0 aromatic heterocycles. The van der Waals surface area contributed by atoms with Gasteiger partial charge in [-0.15, -0.1) is 0 Å². The Morgan fingerprint density at radius 3 is 2.52 bits per heavy atom. The summed E-state index contributed by atoms with van der Waals surface area (Å²) in [5.41, 5.74) is -0.372. The molecule has 7 heteroatoms. The fraction of sp³-hybridized carbons (Fsp3) is 0.929. The molecule has 0 bridgehead atoms. The number of amides is 1. The van der Waals surface area contributed by atoms with Gasteiger partial charge in [0, 0.05) is 11.6 Å². The maximum atomic E-state index is 12.0. The van der Waals surface area contributed by atoms with Crippen LogP contribution in [0.5, 0.6) is 0 Å². The van der Waals surface area contributed by atoms with Gasteiger partial charge >= 0.3 is 0 Å². The number of piperidine rings is 1. The Hall–Kier alpha value is -0.660. The third-order valence-corrected chi connectivity index (χ3v) is 4.88. The molecule has 1 aliphatic rings. The van der Waals surface area contributed by atoms with Crippen LogP contribution in [-0.2, 0) is 14.8 Å². The Kier molecular flexibility index (Phi) is 6.62. The second kappa shape index (κ2) is 7.56. The first kappa shape index (κ1) is 18.4. The van der Waals surface area contributed by atoms with Crippen molar-refractivity contribution in [2.45, 2.75) is 71.0 Å². The van der Waals surface area contributed by atoms with Gasteiger partial charge in [0.25, 0.3) is 0 Å². The number of sulfonamides is 1. The van der Waals surface area contributed by atoms with Gasteiger partial charge in [-0.25, -0.2) is 13.1 Å². The van der Waals surface area contributed by atoms with Crippen LogP contribution < -0.4 is 15.4 Å². The van der Waals surface area contributed by atoms with E-state index < -0.39 is 16.1 Å². The lowest BCUT2D eigenvalue weighted by molar-refractivity contribution is -0.123. The normalized spacial score (nSPS) is 21.8. The third kappa shape index (κ3) is 7.78. The minimum atomic E-state index is -3.43. The summed E-state index contributed by atoms with van der Waals surface area (Å²) < 4.78 is 26.5. The average molecular weight is 319 g/mol. The van der Waals surface area contributed by atoms with Crippen molar-refractivity contribution in [1.82, 2.24) is 15.4 Å². The Bertz CT molecular complexity index is 437. The lowest BCUT2D eigenvalue weighted by Crippen LogP contribution is -2.51. The molecule has 1 saturated heterocycles. The van der Waals surface area contributed by atoms with Gasteiger partial charge in [-0.3, -0.25) is 4.79 Å². The molecule has 0 aromatic rings. The first-order valence-corrected chi connectivity index (χ1v) is 9.30. The SMILES string of the molecule is CC(NS(=O)(=O)CCC1CCCCN1)C(=O)NC(C)(C)C. The second-order valence-corrected chi connectivity index (χ2v) is 8.71. The Balaban J connectivity index is 2.41. The Morgan fingerprint density at radius 2 is 2.00 bits per heavy atom. The predicted molar refractivity (Wildman–Crippen MR) is 84.5 cm³/mol. The number of hydrogen-bond donors (Lipinski definition) is 3. The van der Waals surface area contributed by atoms with E-state index in [-0.39, 0.29) is 23.2 Å². The number of carbonyl (C=O) groups excluding carboxylic acids is 1. The maximum Gasteiger partial charge on any atom is 0.238 e. The van der Waals surface area contributed by atoms with Gasteiger partial charge in [-0.1, -0.05) is 6.42 Å². The van der Waals surface area contributed by atoms with Gasteiger partial charge in [0.15, 0.2) is 0 Å². The van der Waals surface area contributed by atoms with Crippen molar-refractivity contribution in [3.8, 4) is 0 Å². The molecule has 0 saturated carbocycles. The van der Waals surface area contributed by atoms with E-state index in [1.807, 2.05) is 20.8 Å². The van der Waals surface area contributed by atoms with Gasteiger partial charge in [0.2, 0.25) is 15.9 Å². The van der Waals surface area contributed by atoms with E-state index in [9.17, 15) is 13.2 Å². The summed E-state index contributed by atoms with van der Waals surface area (Å²) >= 11 is 0. The lowest BCUT2D eigenvalue weighted by Gasteiger charge is -2.25. The summed E-state index contributed by atoms with van der Waals surface area (Å²) in [7, 11) is -3.43. The molecule has 3 N–H and O–H groups in total. The fourth-order valence-corrected chi connectivity index (χ4v) is 3.69. The molecule has 2 unspecified atom stereocenters. The van der Waals surface area contributed by atoms with Gasteiger partial charge in [0.1, 0.15) is 0 Å². The average Bonchev–Trinajstić information content (AvgIpc) is 2.35. The van der Waals surface area contributed by atoms with Crippen LogP contribution in [0.1, 0.15) is 53.4 Å². The van der Waals surface area contributed by atoms with Crippen LogP contribution in [0.2, 0.25) is 0 Å². The van der Waals surface area contributed by atoms with E-state index in [0.717, 1.165) is 25.8 Å². The topological polar surface area (TPSA) is 87.3 Å². The molecule has 1 rings (SSSR count). The van der Waals surface area contributed by atoms with Crippen LogP contribution in [0.3, 0.4) is 0 Å². The zero-order chi connectivity index (χ0) is 16.1. The fourth-order valence-electron chi connectivity index (χ4n) is 2.33. The second-order valence-electron chi connectivity index (χ2n) is 6.83. The quantitative estimate of drug-likeness (QED) is 0.674. The molecular weight excluding hydrogens is 290 g/mol. The molecule has 1 amide bonds. The van der Waals surface area contributed by atoms with Crippen molar-refractivity contribution >= 4 is 15.9 Å². The van der Waals surface area contributed by atoms with Crippen LogP contribution >= 0.6 is 0 Å². The van der Waals surface area contributed by atoms with Crippen LogP contribution in [0.25, 0.3) is 0 Å². The highest BCUT2D eigenvalue weighted by atomic mass is 32.2. The van der Waals surface area contributed by atoms with E-state index in [4.69, 9.17) is 0 Å². The van der Waals surface area contributed by atoms with Gasteiger partial charge in [-0.05, 0) is 53.5 Å². The van der Waals surface area contributed by atoms with E-state index in [1.54, 1.807) is 6.92 Å². The summed E-state index contributed by atoms with van der Waals surface area (Å²) in [5.74, 6) is -0.250. The molecule has 21 heavy (non-hydrogen) atoms. The van der Waals surface area contributed by atoms with Crippen molar-refractivity contribution in [2.75, 3.05) is 12.3 Å². The van der Waals surface area contributed by atoms with Crippen molar-refractivity contribution in [3.05, 3.63) is 0 Å². The number of carbonyl (C=O) groups is 1. The van der Waals surface area contributed by atoms with E-state index >= 15 is 0 Å². The summed E-state index contributed by atoms with van der Waals surface area (Å²) in [6.07, 6.45) is 3.92. The molecular formula is C14H29N3O3S. The molecule has 0 radical (unpaired) electrons. The highest BCUT2D eigenvalue weighted by Gasteiger charge is 2.24. The predicted octanol–water partition coefficient (Wildman–Crippen LogP) is 0.741. The molecule has 0 aliphatic carbocycles. The minimum absolute atomic E-state index is 0.0534. The minimum Gasteiger partial charge on any atom is -0.350 e. The van der Waals surface area contributed by atoms with Crippen LogP contribution in [0, 0.1) is 0 Å². The molecule has 0 spiro atoms. The molecule has 1 aliphatic heterocycles. The third-order valence-electron chi connectivity index (χ3n) is 3.40. The standard InChI is InChI=1S/C14H29N3O3S/c1-11(13(18)16-14(2,3)4)17-21(19,20)10-8-12-7-5-6-9-15-12/h11-12,15,17H,5-10H2,1-4H3,(H,16,18). The van der Waals surface area contributed by atoms with Crippen LogP contribution in [-0.4, -0.2) is 44.2 Å². The first-order valence-electron chi connectivity index (χ1n) is 7.64. The lowest BCUT2D eigenvalue weighted by atomic mass is 10.0. The van der Waals surface area contributed by atoms with E-state index in [2.05, 4.69) is 15.4 Å². The largest absolute Gasteiger partial charge is 0.350 e. The first-order chi connectivity index (χ1) is 9.59. The highest BCUT2D eigenvalue weighted by Crippen LogP contribution is 2.11. The molecule has 1 fully saturated rings. The van der Waals surface area contributed by atoms with Gasteiger partial charge < -0.3 is 10.6 Å². The molecule has 2 atom stereocenters. The van der Waals surface area contributed by atoms with Gasteiger partial charge in [0.05, 0.1) is 11.8 Å². The monoisotopic (exact) mass is 319 g/mol. The summed E-state index contributed by atoms with van der Waals surface area (Å²) in [6.45, 7) is 8.11. The molecule has 1 heterocycles. The summed E-state index contributed by atoms with van der Waals surface area (Å²) in [4.78, 5) is 11.9. The van der Waals surface area contributed by atoms with E-state index in [1.165, 1.54) is 0 Å². The van der Waals surface area contributed by atoms with Crippen LogP contribution in [0.15, 0.2) is 0 Å². The maximum absolute atomic E-state index is 12.0. The zero-order valence-electron chi connectivity index (χ0n) is 13.5. The van der Waals surface area contributed by atoms with Crippen LogP contribution in [0.4, 0.5) is 0 Å². The van der Waals surface area contributed by atoms with Crippen molar-refractivity contribution in [3.63, 3.8) is 0 Å². The zero-order valence-corrected chi connectivity index (χ0v) is 14.3. The number of hydrogen-bond acceptors (Lipinski definition) is 4.